The minimum atomic E-state index is 0.0433. The number of anilines is 1. The van der Waals surface area contributed by atoms with Gasteiger partial charge >= 0.3 is 0 Å². The zero-order valence-corrected chi connectivity index (χ0v) is 12.8. The van der Waals surface area contributed by atoms with E-state index in [1.165, 1.54) is 19.3 Å². The molecule has 1 unspecified atom stereocenters. The number of rotatable bonds is 3. The summed E-state index contributed by atoms with van der Waals surface area (Å²) < 4.78 is 0. The Morgan fingerprint density at radius 3 is 2.42 bits per heavy atom. The quantitative estimate of drug-likeness (QED) is 0.804. The second-order valence-electron chi connectivity index (χ2n) is 6.63. The van der Waals surface area contributed by atoms with Crippen LogP contribution in [0.25, 0.3) is 0 Å². The summed E-state index contributed by atoms with van der Waals surface area (Å²) in [6.07, 6.45) is 6.04. The molecule has 0 heterocycles. The van der Waals surface area contributed by atoms with Crippen molar-refractivity contribution in [3.63, 3.8) is 0 Å². The monoisotopic (exact) mass is 280 g/mol. The van der Waals surface area contributed by atoms with E-state index in [1.807, 2.05) is 24.3 Å². The first-order valence-corrected chi connectivity index (χ1v) is 7.56. The van der Waals surface area contributed by atoms with Crippen LogP contribution in [0.1, 0.15) is 46.0 Å². The third kappa shape index (κ3) is 3.87. The lowest BCUT2D eigenvalue weighted by Crippen LogP contribution is -2.45. The van der Waals surface area contributed by atoms with Crippen LogP contribution in [0.2, 0.25) is 5.02 Å². The third-order valence-corrected chi connectivity index (χ3v) is 4.69. The zero-order chi connectivity index (χ0) is 13.9. The van der Waals surface area contributed by atoms with Gasteiger partial charge in [-0.25, -0.2) is 0 Å². The Morgan fingerprint density at radius 1 is 1.11 bits per heavy atom. The second-order valence-corrected chi connectivity index (χ2v) is 7.07. The molecule has 1 atom stereocenters. The molecule has 0 bridgehead atoms. The van der Waals surface area contributed by atoms with E-state index >= 15 is 0 Å². The van der Waals surface area contributed by atoms with Crippen molar-refractivity contribution >= 4 is 17.3 Å². The predicted octanol–water partition coefficient (Wildman–Crippen LogP) is 4.44. The van der Waals surface area contributed by atoms with Crippen LogP contribution in [0.4, 0.5) is 5.69 Å². The minimum absolute atomic E-state index is 0.0433. The minimum Gasteiger partial charge on any atom is -0.378 e. The first-order valence-electron chi connectivity index (χ1n) is 7.19. The van der Waals surface area contributed by atoms with Crippen molar-refractivity contribution in [3.05, 3.63) is 29.3 Å². The highest BCUT2D eigenvalue weighted by Gasteiger charge is 2.34. The maximum absolute atomic E-state index is 6.09. The van der Waals surface area contributed by atoms with Gasteiger partial charge < -0.3 is 11.1 Å². The Kier molecular flexibility index (Phi) is 4.42. The van der Waals surface area contributed by atoms with Gasteiger partial charge in [-0.15, -0.1) is 0 Å². The van der Waals surface area contributed by atoms with E-state index in [9.17, 15) is 0 Å². The molecular formula is C16H25ClN2. The summed E-state index contributed by atoms with van der Waals surface area (Å²) in [5, 5.41) is 4.44. The Labute approximate surface area is 121 Å². The van der Waals surface area contributed by atoms with Gasteiger partial charge in [-0.2, -0.15) is 0 Å². The molecule has 1 aliphatic rings. The molecule has 0 saturated heterocycles. The lowest BCUT2D eigenvalue weighted by molar-refractivity contribution is 0.305. The number of halogens is 1. The lowest BCUT2D eigenvalue weighted by atomic mass is 9.83. The molecule has 1 fully saturated rings. The van der Waals surface area contributed by atoms with Gasteiger partial charge in [-0.1, -0.05) is 31.9 Å². The summed E-state index contributed by atoms with van der Waals surface area (Å²) in [5.74, 6) is 0. The summed E-state index contributed by atoms with van der Waals surface area (Å²) >= 11 is 5.93. The van der Waals surface area contributed by atoms with Crippen molar-refractivity contribution in [2.24, 2.45) is 11.1 Å². The van der Waals surface area contributed by atoms with Crippen LogP contribution < -0.4 is 11.1 Å². The molecule has 0 spiro atoms. The largest absolute Gasteiger partial charge is 0.378 e. The van der Waals surface area contributed by atoms with Crippen molar-refractivity contribution in [1.82, 2.24) is 0 Å². The molecule has 19 heavy (non-hydrogen) atoms. The standard InChI is InChI=1S/C16H25ClN2/c1-15(2)8-3-9-16(12-18,11-10-15)19-14-6-4-13(17)5-7-14/h4-7,19H,3,8-12,18H2,1-2H3. The van der Waals surface area contributed by atoms with Crippen LogP contribution in [0, 0.1) is 5.41 Å². The molecule has 3 N–H and O–H groups in total. The molecule has 2 nitrogen and oxygen atoms in total. The number of nitrogens with one attached hydrogen (secondary N) is 1. The second kappa shape index (κ2) is 5.72. The number of benzene rings is 1. The molecule has 1 aromatic carbocycles. The molecule has 0 amide bonds. The summed E-state index contributed by atoms with van der Waals surface area (Å²) in [6, 6.07) is 7.93. The lowest BCUT2D eigenvalue weighted by Gasteiger charge is -2.34. The average Bonchev–Trinajstić information content (AvgIpc) is 2.52. The van der Waals surface area contributed by atoms with Crippen molar-refractivity contribution in [2.75, 3.05) is 11.9 Å². The topological polar surface area (TPSA) is 38.0 Å². The Morgan fingerprint density at radius 2 is 1.79 bits per heavy atom. The SMILES string of the molecule is CC1(C)CCCC(CN)(Nc2ccc(Cl)cc2)CC1. The van der Waals surface area contributed by atoms with Gasteiger partial charge in [-0.3, -0.25) is 0 Å². The molecule has 106 valence electrons. The van der Waals surface area contributed by atoms with Gasteiger partial charge in [0.1, 0.15) is 0 Å². The summed E-state index contributed by atoms with van der Waals surface area (Å²) in [7, 11) is 0. The van der Waals surface area contributed by atoms with Crippen LogP contribution >= 0.6 is 11.6 Å². The Bertz CT molecular complexity index is 413. The van der Waals surface area contributed by atoms with E-state index in [4.69, 9.17) is 17.3 Å². The maximum Gasteiger partial charge on any atom is 0.0495 e. The van der Waals surface area contributed by atoms with Gasteiger partial charge in [0, 0.05) is 22.8 Å². The van der Waals surface area contributed by atoms with Crippen LogP contribution in [-0.2, 0) is 0 Å². The van der Waals surface area contributed by atoms with Crippen LogP contribution in [0.15, 0.2) is 24.3 Å². The van der Waals surface area contributed by atoms with Crippen LogP contribution in [0.3, 0.4) is 0 Å². The molecular weight excluding hydrogens is 256 g/mol. The van der Waals surface area contributed by atoms with Crippen molar-refractivity contribution < 1.29 is 0 Å². The van der Waals surface area contributed by atoms with Crippen molar-refractivity contribution in [3.8, 4) is 0 Å². The van der Waals surface area contributed by atoms with Crippen molar-refractivity contribution in [1.29, 1.82) is 0 Å². The average molecular weight is 281 g/mol. The van der Waals surface area contributed by atoms with E-state index in [0.717, 1.165) is 23.6 Å². The Balaban J connectivity index is 2.11. The highest BCUT2D eigenvalue weighted by Crippen LogP contribution is 2.39. The fraction of sp³-hybridized carbons (Fsp3) is 0.625. The maximum atomic E-state index is 6.09. The summed E-state index contributed by atoms with van der Waals surface area (Å²) in [4.78, 5) is 0. The normalized spacial score (nSPS) is 26.7. The zero-order valence-electron chi connectivity index (χ0n) is 12.0. The van der Waals surface area contributed by atoms with Gasteiger partial charge in [0.05, 0.1) is 0 Å². The summed E-state index contributed by atoms with van der Waals surface area (Å²) in [6.45, 7) is 5.41. The highest BCUT2D eigenvalue weighted by atomic mass is 35.5. The van der Waals surface area contributed by atoms with Gasteiger partial charge in [0.25, 0.3) is 0 Å². The smallest absolute Gasteiger partial charge is 0.0495 e. The molecule has 1 aromatic rings. The van der Waals surface area contributed by atoms with E-state index in [0.29, 0.717) is 12.0 Å². The van der Waals surface area contributed by atoms with Gasteiger partial charge in [0.2, 0.25) is 0 Å². The first kappa shape index (κ1) is 14.7. The molecule has 0 aliphatic heterocycles. The Hall–Kier alpha value is -0.730. The van der Waals surface area contributed by atoms with Crippen LogP contribution in [-0.4, -0.2) is 12.1 Å². The fourth-order valence-electron chi connectivity index (χ4n) is 2.95. The number of hydrogen-bond donors (Lipinski definition) is 2. The van der Waals surface area contributed by atoms with E-state index in [-0.39, 0.29) is 5.54 Å². The van der Waals surface area contributed by atoms with Crippen molar-refractivity contribution in [2.45, 2.75) is 51.5 Å². The number of hydrogen-bond acceptors (Lipinski definition) is 2. The van der Waals surface area contributed by atoms with Gasteiger partial charge in [-0.05, 0) is 55.4 Å². The van der Waals surface area contributed by atoms with E-state index in [1.54, 1.807) is 0 Å². The molecule has 0 radical (unpaired) electrons. The molecule has 2 rings (SSSR count). The fourth-order valence-corrected chi connectivity index (χ4v) is 3.08. The highest BCUT2D eigenvalue weighted by molar-refractivity contribution is 6.30. The summed E-state index contributed by atoms with van der Waals surface area (Å²) in [5.41, 5.74) is 7.69. The molecule has 1 aliphatic carbocycles. The third-order valence-electron chi connectivity index (χ3n) is 4.43. The van der Waals surface area contributed by atoms with E-state index < -0.39 is 0 Å². The predicted molar refractivity (Wildman–Crippen MR) is 83.7 cm³/mol. The molecule has 3 heteroatoms. The number of nitrogens with two attached hydrogens (primary N) is 1. The molecule has 1 saturated carbocycles. The first-order chi connectivity index (χ1) is 8.95. The molecule has 0 aromatic heterocycles. The van der Waals surface area contributed by atoms with Gasteiger partial charge in [0.15, 0.2) is 0 Å². The van der Waals surface area contributed by atoms with Crippen LogP contribution in [0.5, 0.6) is 0 Å². The van der Waals surface area contributed by atoms with E-state index in [2.05, 4.69) is 19.2 Å².